The Morgan fingerprint density at radius 1 is 0.636 bits per heavy atom. The Kier molecular flexibility index (Phi) is 6.22. The zero-order chi connectivity index (χ0) is 23.8. The first-order valence-corrected chi connectivity index (χ1v) is 10.7. The fourth-order valence-electron chi connectivity index (χ4n) is 3.62. The Balaban J connectivity index is 1.67. The number of pyridine rings is 1. The number of nitrogens with zero attached hydrogens (tertiary/aromatic N) is 1. The number of rotatable bonds is 4. The molecule has 0 amide bonds. The van der Waals surface area contributed by atoms with Crippen LogP contribution in [0.5, 0.6) is 0 Å². The van der Waals surface area contributed by atoms with Gasteiger partial charge in [-0.25, -0.2) is 0 Å². The molecule has 0 saturated heterocycles. The highest BCUT2D eigenvalue weighted by Gasteiger charge is 2.30. The lowest BCUT2D eigenvalue weighted by Crippen LogP contribution is -2.05. The first-order valence-electron chi connectivity index (χ1n) is 9.89. The molecule has 0 spiro atoms. The van der Waals surface area contributed by atoms with Gasteiger partial charge in [-0.1, -0.05) is 40.2 Å². The van der Waals surface area contributed by atoms with Gasteiger partial charge < -0.3 is 0 Å². The summed E-state index contributed by atoms with van der Waals surface area (Å²) in [6.07, 6.45) is -8.10. The molecule has 0 aliphatic heterocycles. The largest absolute Gasteiger partial charge is 0.416 e. The van der Waals surface area contributed by atoms with Crippen LogP contribution in [0, 0.1) is 0 Å². The van der Waals surface area contributed by atoms with Crippen molar-refractivity contribution >= 4 is 26.8 Å². The predicted molar refractivity (Wildman–Crippen MR) is 118 cm³/mol. The molecule has 3 aromatic carbocycles. The highest BCUT2D eigenvalue weighted by atomic mass is 79.9. The summed E-state index contributed by atoms with van der Waals surface area (Å²) in [4.78, 5) is 4.64. The molecule has 8 heteroatoms. The van der Waals surface area contributed by atoms with Crippen molar-refractivity contribution in [3.63, 3.8) is 0 Å². The molecule has 0 fully saturated rings. The van der Waals surface area contributed by atoms with Crippen LogP contribution in [0.25, 0.3) is 10.9 Å². The number of alkyl halides is 6. The molecule has 33 heavy (non-hydrogen) atoms. The van der Waals surface area contributed by atoms with Crippen molar-refractivity contribution in [3.8, 4) is 0 Å². The standard InChI is InChI=1S/C25H16BrF6N/c26-20-9-10-23-22(14-20)17(11-15-1-5-18(6-2-15)24(27,28)29)13-21(33-23)12-16-3-7-19(8-4-16)25(30,31)32/h1-10,13-14H,11-12H2. The van der Waals surface area contributed by atoms with Crippen LogP contribution in [0.2, 0.25) is 0 Å². The van der Waals surface area contributed by atoms with Crippen molar-refractivity contribution in [2.75, 3.05) is 0 Å². The number of hydrogen-bond acceptors (Lipinski definition) is 1. The summed E-state index contributed by atoms with van der Waals surface area (Å²) in [5.74, 6) is 0. The van der Waals surface area contributed by atoms with E-state index in [1.807, 2.05) is 24.3 Å². The van der Waals surface area contributed by atoms with Gasteiger partial charge in [0.2, 0.25) is 0 Å². The molecule has 170 valence electrons. The van der Waals surface area contributed by atoms with Crippen molar-refractivity contribution in [3.05, 3.63) is 111 Å². The average molecular weight is 524 g/mol. The molecule has 0 atom stereocenters. The van der Waals surface area contributed by atoms with Crippen molar-refractivity contribution in [1.29, 1.82) is 0 Å². The molecule has 1 heterocycles. The molecule has 1 nitrogen and oxygen atoms in total. The first-order chi connectivity index (χ1) is 15.5. The molecule has 0 bridgehead atoms. The zero-order valence-electron chi connectivity index (χ0n) is 16.9. The van der Waals surface area contributed by atoms with Crippen LogP contribution in [-0.4, -0.2) is 4.98 Å². The molecule has 4 aromatic rings. The van der Waals surface area contributed by atoms with E-state index in [-0.39, 0.29) is 0 Å². The Labute approximate surface area is 194 Å². The SMILES string of the molecule is FC(F)(F)c1ccc(Cc2cc(Cc3ccc(C(F)(F)F)cc3)c3cc(Br)ccc3n2)cc1. The summed E-state index contributed by atoms with van der Waals surface area (Å²) in [6.45, 7) is 0. The highest BCUT2D eigenvalue weighted by molar-refractivity contribution is 9.10. The maximum atomic E-state index is 12.9. The molecule has 0 N–H and O–H groups in total. The van der Waals surface area contributed by atoms with Gasteiger partial charge in [-0.2, -0.15) is 26.3 Å². The number of halogens is 7. The van der Waals surface area contributed by atoms with Crippen molar-refractivity contribution in [1.82, 2.24) is 4.98 Å². The van der Waals surface area contributed by atoms with E-state index < -0.39 is 23.5 Å². The van der Waals surface area contributed by atoms with Gasteiger partial charge in [0.15, 0.2) is 0 Å². The van der Waals surface area contributed by atoms with E-state index in [1.54, 1.807) is 0 Å². The van der Waals surface area contributed by atoms with Gasteiger partial charge in [0.1, 0.15) is 0 Å². The lowest BCUT2D eigenvalue weighted by Gasteiger charge is -2.12. The van der Waals surface area contributed by atoms with Crippen LogP contribution < -0.4 is 0 Å². The molecule has 0 radical (unpaired) electrons. The van der Waals surface area contributed by atoms with E-state index in [0.29, 0.717) is 35.2 Å². The fraction of sp³-hybridized carbons (Fsp3) is 0.160. The lowest BCUT2D eigenvalue weighted by molar-refractivity contribution is -0.138. The van der Waals surface area contributed by atoms with Gasteiger partial charge >= 0.3 is 12.4 Å². The smallest absolute Gasteiger partial charge is 0.252 e. The van der Waals surface area contributed by atoms with E-state index in [2.05, 4.69) is 20.9 Å². The topological polar surface area (TPSA) is 12.9 Å². The van der Waals surface area contributed by atoms with Crippen LogP contribution in [0.3, 0.4) is 0 Å². The number of benzene rings is 3. The minimum Gasteiger partial charge on any atom is -0.252 e. The van der Waals surface area contributed by atoms with Gasteiger partial charge in [-0.15, -0.1) is 0 Å². The molecule has 0 aliphatic carbocycles. The van der Waals surface area contributed by atoms with Crippen molar-refractivity contribution in [2.24, 2.45) is 0 Å². The molecule has 0 saturated carbocycles. The number of aromatic nitrogens is 1. The summed E-state index contributed by atoms with van der Waals surface area (Å²) in [5.41, 5.74) is 2.17. The first kappa shape index (κ1) is 23.3. The number of hydrogen-bond donors (Lipinski definition) is 0. The minimum absolute atomic E-state index is 0.324. The summed E-state index contributed by atoms with van der Waals surface area (Å²) < 4.78 is 77.9. The van der Waals surface area contributed by atoms with E-state index in [1.165, 1.54) is 24.3 Å². The second-order valence-electron chi connectivity index (χ2n) is 7.68. The maximum Gasteiger partial charge on any atom is 0.416 e. The Bertz CT molecular complexity index is 1280. The van der Waals surface area contributed by atoms with Crippen LogP contribution >= 0.6 is 15.9 Å². The van der Waals surface area contributed by atoms with E-state index >= 15 is 0 Å². The Hall–Kier alpha value is -2.87. The Morgan fingerprint density at radius 3 is 1.67 bits per heavy atom. The van der Waals surface area contributed by atoms with Crippen molar-refractivity contribution < 1.29 is 26.3 Å². The van der Waals surface area contributed by atoms with E-state index in [0.717, 1.165) is 39.7 Å². The van der Waals surface area contributed by atoms with Crippen LogP contribution in [0.15, 0.2) is 77.3 Å². The second-order valence-corrected chi connectivity index (χ2v) is 8.59. The third-order valence-electron chi connectivity index (χ3n) is 5.25. The van der Waals surface area contributed by atoms with Crippen molar-refractivity contribution in [2.45, 2.75) is 25.2 Å². The molecular formula is C25H16BrF6N. The third kappa shape index (κ3) is 5.55. The highest BCUT2D eigenvalue weighted by Crippen LogP contribution is 2.31. The zero-order valence-corrected chi connectivity index (χ0v) is 18.5. The molecule has 0 aliphatic rings. The van der Waals surface area contributed by atoms with Gasteiger partial charge in [-0.05, 0) is 71.6 Å². The summed E-state index contributed by atoms with van der Waals surface area (Å²) in [6, 6.07) is 17.3. The summed E-state index contributed by atoms with van der Waals surface area (Å²) in [7, 11) is 0. The van der Waals surface area contributed by atoms with E-state index in [9.17, 15) is 26.3 Å². The Morgan fingerprint density at radius 2 is 1.15 bits per heavy atom. The number of fused-ring (bicyclic) bond motifs is 1. The molecular weight excluding hydrogens is 508 g/mol. The molecule has 4 rings (SSSR count). The molecule has 0 unspecified atom stereocenters. The average Bonchev–Trinajstić information content (AvgIpc) is 2.74. The summed E-state index contributed by atoms with van der Waals surface area (Å²) >= 11 is 3.43. The maximum absolute atomic E-state index is 12.9. The molecule has 1 aromatic heterocycles. The fourth-order valence-corrected chi connectivity index (χ4v) is 3.98. The quantitative estimate of drug-likeness (QED) is 0.245. The van der Waals surface area contributed by atoms with E-state index in [4.69, 9.17) is 0 Å². The van der Waals surface area contributed by atoms with Gasteiger partial charge in [0, 0.05) is 22.0 Å². The second kappa shape index (κ2) is 8.82. The van der Waals surface area contributed by atoms with Gasteiger partial charge in [0.05, 0.1) is 16.6 Å². The van der Waals surface area contributed by atoms with Crippen LogP contribution in [0.1, 0.15) is 33.5 Å². The summed E-state index contributed by atoms with van der Waals surface area (Å²) in [5, 5.41) is 0.848. The minimum atomic E-state index is -4.40. The lowest BCUT2D eigenvalue weighted by atomic mass is 9.97. The van der Waals surface area contributed by atoms with Crippen LogP contribution in [-0.2, 0) is 25.2 Å². The normalized spacial score (nSPS) is 12.3. The van der Waals surface area contributed by atoms with Gasteiger partial charge in [0.25, 0.3) is 0 Å². The predicted octanol–water partition coefficient (Wildman–Crippen LogP) is 8.22. The third-order valence-corrected chi connectivity index (χ3v) is 5.75. The monoisotopic (exact) mass is 523 g/mol. The van der Waals surface area contributed by atoms with Crippen LogP contribution in [0.4, 0.5) is 26.3 Å². The van der Waals surface area contributed by atoms with Gasteiger partial charge in [-0.3, -0.25) is 4.98 Å².